The van der Waals surface area contributed by atoms with Gasteiger partial charge in [-0.3, -0.25) is 4.79 Å². The highest BCUT2D eigenvalue weighted by Crippen LogP contribution is 2.38. The van der Waals surface area contributed by atoms with E-state index in [4.69, 9.17) is 11.6 Å². The van der Waals surface area contributed by atoms with E-state index in [-0.39, 0.29) is 35.6 Å². The molecule has 1 aromatic carbocycles. The third-order valence-electron chi connectivity index (χ3n) is 5.39. The lowest BCUT2D eigenvalue weighted by Crippen LogP contribution is -2.53. The number of sulfone groups is 1. The number of piperidine rings is 1. The molecule has 146 valence electrons. The molecule has 4 nitrogen and oxygen atoms in total. The van der Waals surface area contributed by atoms with Crippen molar-refractivity contribution in [2.45, 2.75) is 64.8 Å². The van der Waals surface area contributed by atoms with Gasteiger partial charge >= 0.3 is 0 Å². The van der Waals surface area contributed by atoms with Crippen molar-refractivity contribution in [3.05, 3.63) is 34.9 Å². The first-order chi connectivity index (χ1) is 12.0. The van der Waals surface area contributed by atoms with Crippen molar-refractivity contribution in [1.82, 2.24) is 4.90 Å². The van der Waals surface area contributed by atoms with Gasteiger partial charge in [0.05, 0.1) is 17.0 Å². The van der Waals surface area contributed by atoms with Crippen LogP contribution >= 0.6 is 11.6 Å². The van der Waals surface area contributed by atoms with Gasteiger partial charge in [-0.1, -0.05) is 44.5 Å². The van der Waals surface area contributed by atoms with E-state index >= 15 is 0 Å². The molecular formula is C20H30ClNO3S. The molecule has 1 aromatic rings. The first-order valence-corrected chi connectivity index (χ1v) is 11.4. The normalized spacial score (nSPS) is 22.9. The molecule has 6 heteroatoms. The van der Waals surface area contributed by atoms with Crippen molar-refractivity contribution in [2.75, 3.05) is 5.75 Å². The van der Waals surface area contributed by atoms with Crippen molar-refractivity contribution < 1.29 is 13.2 Å². The molecule has 2 rings (SSSR count). The van der Waals surface area contributed by atoms with Crippen LogP contribution in [0, 0.1) is 11.8 Å². The minimum absolute atomic E-state index is 0.00484. The number of hydrogen-bond acceptors (Lipinski definition) is 3. The highest BCUT2D eigenvalue weighted by molar-refractivity contribution is 7.92. The van der Waals surface area contributed by atoms with Gasteiger partial charge in [0.2, 0.25) is 5.91 Å². The summed E-state index contributed by atoms with van der Waals surface area (Å²) >= 11 is 6.01. The Morgan fingerprint density at radius 1 is 1.12 bits per heavy atom. The van der Waals surface area contributed by atoms with Gasteiger partial charge in [0, 0.05) is 17.0 Å². The largest absolute Gasteiger partial charge is 0.331 e. The van der Waals surface area contributed by atoms with E-state index in [1.807, 2.05) is 49.9 Å². The van der Waals surface area contributed by atoms with Crippen LogP contribution in [0.25, 0.3) is 0 Å². The van der Waals surface area contributed by atoms with Crippen LogP contribution in [-0.2, 0) is 14.6 Å². The van der Waals surface area contributed by atoms with Crippen LogP contribution in [0.4, 0.5) is 0 Å². The van der Waals surface area contributed by atoms with E-state index in [1.54, 1.807) is 13.8 Å². The third-order valence-corrected chi connectivity index (χ3v) is 7.88. The van der Waals surface area contributed by atoms with E-state index in [0.717, 1.165) is 18.4 Å². The number of halogens is 1. The minimum atomic E-state index is -3.26. The first kappa shape index (κ1) is 21.2. The molecule has 1 saturated heterocycles. The van der Waals surface area contributed by atoms with E-state index < -0.39 is 15.1 Å². The molecule has 1 fully saturated rings. The molecule has 0 aromatic heterocycles. The van der Waals surface area contributed by atoms with Crippen molar-refractivity contribution in [2.24, 2.45) is 11.8 Å². The number of nitrogens with zero attached hydrogens (tertiary/aromatic N) is 1. The summed E-state index contributed by atoms with van der Waals surface area (Å²) in [6.07, 6.45) is 1.64. The van der Waals surface area contributed by atoms with E-state index in [9.17, 15) is 13.2 Å². The molecule has 0 spiro atoms. The Labute approximate surface area is 162 Å². The second-order valence-corrected chi connectivity index (χ2v) is 11.0. The highest BCUT2D eigenvalue weighted by atomic mass is 35.5. The van der Waals surface area contributed by atoms with Gasteiger partial charge in [-0.25, -0.2) is 8.42 Å². The predicted octanol–water partition coefficient (Wildman–Crippen LogP) is 4.49. The van der Waals surface area contributed by atoms with Gasteiger partial charge in [0.15, 0.2) is 9.84 Å². The Bertz CT molecular complexity index is 728. The zero-order valence-electron chi connectivity index (χ0n) is 16.3. The van der Waals surface area contributed by atoms with Gasteiger partial charge < -0.3 is 4.90 Å². The topological polar surface area (TPSA) is 54.5 Å². The zero-order valence-corrected chi connectivity index (χ0v) is 17.8. The zero-order chi connectivity index (χ0) is 19.6. The van der Waals surface area contributed by atoms with Crippen LogP contribution in [0.3, 0.4) is 0 Å². The number of likely N-dealkylation sites (tertiary alicyclic amines) is 1. The Morgan fingerprint density at radius 2 is 1.69 bits per heavy atom. The summed E-state index contributed by atoms with van der Waals surface area (Å²) < 4.78 is 25.2. The fraction of sp³-hybridized carbons (Fsp3) is 0.650. The van der Waals surface area contributed by atoms with Crippen LogP contribution in [0.2, 0.25) is 5.02 Å². The minimum Gasteiger partial charge on any atom is -0.331 e. The maximum atomic E-state index is 13.1. The van der Waals surface area contributed by atoms with Crippen molar-refractivity contribution in [1.29, 1.82) is 0 Å². The lowest BCUT2D eigenvalue weighted by molar-refractivity contribution is -0.145. The molecule has 0 bridgehead atoms. The summed E-state index contributed by atoms with van der Waals surface area (Å²) in [5.74, 6) is 0.0215. The van der Waals surface area contributed by atoms with Crippen molar-refractivity contribution >= 4 is 27.3 Å². The number of carbonyl (C=O) groups excluding carboxylic acids is 1. The molecule has 2 unspecified atom stereocenters. The summed E-state index contributed by atoms with van der Waals surface area (Å²) in [4.78, 5) is 14.9. The second-order valence-electron chi connectivity index (χ2n) is 7.98. The molecule has 1 amide bonds. The van der Waals surface area contributed by atoms with Crippen molar-refractivity contribution in [3.63, 3.8) is 0 Å². The number of amides is 1. The average molecular weight is 400 g/mol. The van der Waals surface area contributed by atoms with Gasteiger partial charge in [0.1, 0.15) is 0 Å². The van der Waals surface area contributed by atoms with Crippen LogP contribution in [0.1, 0.15) is 59.1 Å². The number of benzene rings is 1. The fourth-order valence-corrected chi connectivity index (χ4v) is 5.04. The van der Waals surface area contributed by atoms with Crippen LogP contribution < -0.4 is 0 Å². The molecule has 0 N–H and O–H groups in total. The fourth-order valence-electron chi connectivity index (χ4n) is 3.51. The molecule has 0 saturated carbocycles. The quantitative estimate of drug-likeness (QED) is 0.708. The van der Waals surface area contributed by atoms with Crippen molar-refractivity contribution in [3.8, 4) is 0 Å². The smallest absolute Gasteiger partial charge is 0.226 e. The summed E-state index contributed by atoms with van der Waals surface area (Å²) in [7, 11) is -3.26. The maximum absolute atomic E-state index is 13.1. The maximum Gasteiger partial charge on any atom is 0.226 e. The summed E-state index contributed by atoms with van der Waals surface area (Å²) in [6, 6.07) is 7.10. The van der Waals surface area contributed by atoms with Crippen LogP contribution in [0.15, 0.2) is 24.3 Å². The number of hydrogen-bond donors (Lipinski definition) is 0. The molecule has 26 heavy (non-hydrogen) atoms. The molecule has 1 heterocycles. The van der Waals surface area contributed by atoms with E-state index in [2.05, 4.69) is 0 Å². The van der Waals surface area contributed by atoms with E-state index in [0.29, 0.717) is 5.02 Å². The molecule has 0 radical (unpaired) electrons. The van der Waals surface area contributed by atoms with Crippen LogP contribution in [-0.4, -0.2) is 36.3 Å². The lowest BCUT2D eigenvalue weighted by atomic mass is 9.86. The van der Waals surface area contributed by atoms with E-state index in [1.165, 1.54) is 0 Å². The molecule has 1 aliphatic heterocycles. The standard InChI is InChI=1S/C20H30ClNO3S/c1-13(2)19(12-26(24,25)14(3)4)22-18(11-6-15(5)20(22)23)16-7-9-17(21)10-8-16/h7-10,13-15,18-19H,6,11-12H2,1-5H3/t15?,18?,19-/m1/s1. The van der Waals surface area contributed by atoms with Gasteiger partial charge in [-0.2, -0.15) is 0 Å². The molecular weight excluding hydrogens is 370 g/mol. The summed E-state index contributed by atoms with van der Waals surface area (Å²) in [5, 5.41) is 0.202. The number of rotatable bonds is 6. The molecule has 1 aliphatic rings. The van der Waals surface area contributed by atoms with Gasteiger partial charge in [0.25, 0.3) is 0 Å². The van der Waals surface area contributed by atoms with Gasteiger partial charge in [-0.15, -0.1) is 0 Å². The second kappa shape index (κ2) is 8.30. The Morgan fingerprint density at radius 3 is 2.19 bits per heavy atom. The monoisotopic (exact) mass is 399 g/mol. The van der Waals surface area contributed by atoms with Gasteiger partial charge in [-0.05, 0) is 50.3 Å². The highest BCUT2D eigenvalue weighted by Gasteiger charge is 2.41. The Kier molecular flexibility index (Phi) is 6.78. The summed E-state index contributed by atoms with van der Waals surface area (Å²) in [6.45, 7) is 9.31. The Hall–Kier alpha value is -1.07. The predicted molar refractivity (Wildman–Crippen MR) is 107 cm³/mol. The SMILES string of the molecule is CC1CCC(c2ccc(Cl)cc2)N([C@H](CS(=O)(=O)C(C)C)C(C)C)C1=O. The summed E-state index contributed by atoms with van der Waals surface area (Å²) in [5.41, 5.74) is 1.02. The third kappa shape index (κ3) is 4.61. The lowest BCUT2D eigenvalue weighted by Gasteiger charge is -2.45. The molecule has 0 aliphatic carbocycles. The van der Waals surface area contributed by atoms with Crippen LogP contribution in [0.5, 0.6) is 0 Å². The average Bonchev–Trinajstić information content (AvgIpc) is 2.56. The molecule has 3 atom stereocenters. The Balaban J connectivity index is 2.45. The number of carbonyl (C=O) groups is 1. The first-order valence-electron chi connectivity index (χ1n) is 9.33.